The first-order valence-electron chi connectivity index (χ1n) is 7.21. The van der Waals surface area contributed by atoms with Crippen molar-refractivity contribution in [2.45, 2.75) is 6.54 Å². The van der Waals surface area contributed by atoms with E-state index in [1.165, 1.54) is 14.2 Å². The van der Waals surface area contributed by atoms with E-state index >= 15 is 0 Å². The number of hydrogen-bond donors (Lipinski definition) is 0. The zero-order chi connectivity index (χ0) is 16.7. The monoisotopic (exact) mass is 312 g/mol. The van der Waals surface area contributed by atoms with Gasteiger partial charge in [-0.1, -0.05) is 47.6 Å². The van der Waals surface area contributed by atoms with E-state index in [0.717, 1.165) is 11.3 Å². The molecule has 2 aromatic carbocycles. The van der Waals surface area contributed by atoms with Crippen molar-refractivity contribution < 1.29 is 14.4 Å². The van der Waals surface area contributed by atoms with Gasteiger partial charge in [-0.3, -0.25) is 0 Å². The molecule has 23 heavy (non-hydrogen) atoms. The minimum Gasteiger partial charge on any atom is -0.464 e. The average Bonchev–Trinajstić information content (AvgIpc) is 2.60. The van der Waals surface area contributed by atoms with Crippen LogP contribution >= 0.6 is 0 Å². The van der Waals surface area contributed by atoms with Crippen LogP contribution in [-0.2, 0) is 20.9 Å². The predicted molar refractivity (Wildman–Crippen MR) is 90.6 cm³/mol. The summed E-state index contributed by atoms with van der Waals surface area (Å²) >= 11 is 0. The summed E-state index contributed by atoms with van der Waals surface area (Å²) in [6.07, 6.45) is 0. The number of para-hydroxylation sites is 1. The highest BCUT2D eigenvalue weighted by atomic mass is 16.6. The molecule has 5 heteroatoms. The third-order valence-corrected chi connectivity index (χ3v) is 3.44. The summed E-state index contributed by atoms with van der Waals surface area (Å²) in [5.41, 5.74) is 2.90. The molecule has 0 amide bonds. The van der Waals surface area contributed by atoms with Gasteiger partial charge in [0, 0.05) is 24.8 Å². The predicted octanol–water partition coefficient (Wildman–Crippen LogP) is 2.85. The molecule has 0 aliphatic rings. The van der Waals surface area contributed by atoms with Gasteiger partial charge >= 0.3 is 5.97 Å². The zero-order valence-corrected chi connectivity index (χ0v) is 13.5. The fourth-order valence-corrected chi connectivity index (χ4v) is 2.30. The topological polar surface area (TPSA) is 51.1 Å². The lowest BCUT2D eigenvalue weighted by Gasteiger charge is -2.21. The Morgan fingerprint density at radius 1 is 1.04 bits per heavy atom. The van der Waals surface area contributed by atoms with E-state index in [1.807, 2.05) is 61.6 Å². The number of rotatable bonds is 6. The van der Waals surface area contributed by atoms with Crippen molar-refractivity contribution in [1.82, 2.24) is 0 Å². The molecule has 5 nitrogen and oxygen atoms in total. The Hall–Kier alpha value is -2.82. The molecule has 120 valence electrons. The van der Waals surface area contributed by atoms with Gasteiger partial charge in [0.1, 0.15) is 7.11 Å². The van der Waals surface area contributed by atoms with Gasteiger partial charge in [-0.25, -0.2) is 4.79 Å². The fourth-order valence-electron chi connectivity index (χ4n) is 2.30. The molecular formula is C18H20N2O3. The minimum atomic E-state index is -0.526. The van der Waals surface area contributed by atoms with Gasteiger partial charge in [-0.05, 0) is 17.7 Å². The van der Waals surface area contributed by atoms with Crippen molar-refractivity contribution in [2.75, 3.05) is 26.2 Å². The maximum Gasteiger partial charge on any atom is 0.360 e. The molecule has 0 heterocycles. The van der Waals surface area contributed by atoms with Crippen LogP contribution in [0.2, 0.25) is 0 Å². The summed E-state index contributed by atoms with van der Waals surface area (Å²) in [7, 11) is 4.73. The molecule has 0 aromatic heterocycles. The molecule has 0 N–H and O–H groups in total. The second-order valence-corrected chi connectivity index (χ2v) is 4.96. The van der Waals surface area contributed by atoms with E-state index in [1.54, 1.807) is 0 Å². The molecule has 0 saturated carbocycles. The lowest BCUT2D eigenvalue weighted by molar-refractivity contribution is -0.132. The van der Waals surface area contributed by atoms with E-state index in [0.29, 0.717) is 12.1 Å². The summed E-state index contributed by atoms with van der Waals surface area (Å²) in [4.78, 5) is 18.9. The Balaban J connectivity index is 2.33. The number of esters is 1. The Morgan fingerprint density at radius 3 is 2.35 bits per heavy atom. The van der Waals surface area contributed by atoms with Crippen molar-refractivity contribution >= 4 is 17.4 Å². The molecule has 0 spiro atoms. The van der Waals surface area contributed by atoms with Gasteiger partial charge in [-0.15, -0.1) is 0 Å². The smallest absolute Gasteiger partial charge is 0.360 e. The minimum absolute atomic E-state index is 0.159. The number of oxime groups is 1. The van der Waals surface area contributed by atoms with Crippen molar-refractivity contribution in [1.29, 1.82) is 0 Å². The van der Waals surface area contributed by atoms with Crippen LogP contribution in [0.3, 0.4) is 0 Å². The molecule has 2 rings (SSSR count). The highest BCUT2D eigenvalue weighted by Gasteiger charge is 2.19. The molecule has 0 aliphatic heterocycles. The lowest BCUT2D eigenvalue weighted by Crippen LogP contribution is -2.23. The van der Waals surface area contributed by atoms with Crippen LogP contribution in [0.15, 0.2) is 59.8 Å². The maximum atomic E-state index is 12.0. The normalized spacial score (nSPS) is 11.0. The van der Waals surface area contributed by atoms with Crippen molar-refractivity contribution in [3.63, 3.8) is 0 Å². The van der Waals surface area contributed by atoms with E-state index in [-0.39, 0.29) is 5.71 Å². The van der Waals surface area contributed by atoms with Crippen LogP contribution in [0.25, 0.3) is 0 Å². The average molecular weight is 312 g/mol. The van der Waals surface area contributed by atoms with Gasteiger partial charge in [0.25, 0.3) is 0 Å². The Morgan fingerprint density at radius 2 is 1.70 bits per heavy atom. The fraction of sp³-hybridized carbons (Fsp3) is 0.222. The van der Waals surface area contributed by atoms with Crippen LogP contribution in [-0.4, -0.2) is 32.9 Å². The number of methoxy groups -OCH3 is 1. The Kier molecular flexibility index (Phi) is 5.74. The molecular weight excluding hydrogens is 292 g/mol. The summed E-state index contributed by atoms with van der Waals surface area (Å²) in [5.74, 6) is -0.526. The molecule has 0 bridgehead atoms. The number of nitrogens with zero attached hydrogens (tertiary/aromatic N) is 2. The van der Waals surface area contributed by atoms with Gasteiger partial charge in [0.05, 0.1) is 7.11 Å². The molecule has 0 saturated heterocycles. The van der Waals surface area contributed by atoms with Crippen LogP contribution in [0.4, 0.5) is 5.69 Å². The summed E-state index contributed by atoms with van der Waals surface area (Å²) in [6.45, 7) is 0.625. The highest BCUT2D eigenvalue weighted by Crippen LogP contribution is 2.18. The molecule has 0 aliphatic carbocycles. The van der Waals surface area contributed by atoms with Gasteiger partial charge in [0.2, 0.25) is 0 Å². The van der Waals surface area contributed by atoms with Crippen molar-refractivity contribution in [3.05, 3.63) is 65.7 Å². The van der Waals surface area contributed by atoms with Gasteiger partial charge in [-0.2, -0.15) is 0 Å². The molecule has 0 atom stereocenters. The van der Waals surface area contributed by atoms with E-state index in [4.69, 9.17) is 9.57 Å². The first-order valence-corrected chi connectivity index (χ1v) is 7.21. The third kappa shape index (κ3) is 4.10. The maximum absolute atomic E-state index is 12.0. The van der Waals surface area contributed by atoms with Crippen molar-refractivity contribution in [2.24, 2.45) is 5.16 Å². The molecule has 0 unspecified atom stereocenters. The molecule has 0 fully saturated rings. The van der Waals surface area contributed by atoms with E-state index in [9.17, 15) is 4.79 Å². The first kappa shape index (κ1) is 16.5. The van der Waals surface area contributed by atoms with E-state index < -0.39 is 5.97 Å². The Labute approximate surface area is 136 Å². The number of anilines is 1. The third-order valence-electron chi connectivity index (χ3n) is 3.44. The number of carbonyl (C=O) groups is 1. The summed E-state index contributed by atoms with van der Waals surface area (Å²) in [5, 5.41) is 3.83. The quantitative estimate of drug-likeness (QED) is 0.467. The number of ether oxygens (including phenoxy) is 1. The SMILES string of the molecule is CON=C(C(=O)OC)c1ccccc1CN(C)c1ccccc1. The van der Waals surface area contributed by atoms with Gasteiger partial charge in [0.15, 0.2) is 5.71 Å². The first-order chi connectivity index (χ1) is 11.2. The second kappa shape index (κ2) is 7.98. The summed E-state index contributed by atoms with van der Waals surface area (Å²) < 4.78 is 4.80. The summed E-state index contributed by atoms with van der Waals surface area (Å²) in [6, 6.07) is 17.6. The van der Waals surface area contributed by atoms with E-state index in [2.05, 4.69) is 10.1 Å². The molecule has 2 aromatic rings. The highest BCUT2D eigenvalue weighted by molar-refractivity contribution is 6.43. The Bertz CT molecular complexity index is 684. The lowest BCUT2D eigenvalue weighted by atomic mass is 10.0. The second-order valence-electron chi connectivity index (χ2n) is 4.96. The van der Waals surface area contributed by atoms with Crippen LogP contribution in [0.5, 0.6) is 0 Å². The molecule has 0 radical (unpaired) electrons. The standard InChI is InChI=1S/C18H20N2O3/c1-20(15-10-5-4-6-11-15)13-14-9-7-8-12-16(14)17(19-23-3)18(21)22-2/h4-12H,13H2,1-3H3. The van der Waals surface area contributed by atoms with Crippen LogP contribution in [0, 0.1) is 0 Å². The van der Waals surface area contributed by atoms with Crippen molar-refractivity contribution in [3.8, 4) is 0 Å². The van der Waals surface area contributed by atoms with Crippen LogP contribution in [0.1, 0.15) is 11.1 Å². The van der Waals surface area contributed by atoms with Crippen LogP contribution < -0.4 is 4.90 Å². The zero-order valence-electron chi connectivity index (χ0n) is 13.5. The number of carbonyl (C=O) groups excluding carboxylic acids is 1. The number of benzene rings is 2. The number of hydrogen-bond acceptors (Lipinski definition) is 5. The van der Waals surface area contributed by atoms with Gasteiger partial charge < -0.3 is 14.5 Å². The largest absolute Gasteiger partial charge is 0.464 e.